The highest BCUT2D eigenvalue weighted by Crippen LogP contribution is 2.37. The van der Waals surface area contributed by atoms with Crippen LogP contribution in [-0.2, 0) is 19.6 Å². The summed E-state index contributed by atoms with van der Waals surface area (Å²) in [5.41, 5.74) is 0.199. The summed E-state index contributed by atoms with van der Waals surface area (Å²) in [6.07, 6.45) is 1.71. The molecule has 1 amide bonds. The highest BCUT2D eigenvalue weighted by molar-refractivity contribution is 7.89. The SMILES string of the molecule is CCCCNc1cc(C(=O)OCC(=O)N(C)C)cc(S(N)(=O)=O)c1Oc1ccccc1. The number of ether oxygens (including phenoxy) is 2. The first kappa shape index (κ1) is 24.2. The normalized spacial score (nSPS) is 11.0. The number of anilines is 1. The molecule has 0 aromatic heterocycles. The number of nitrogens with zero attached hydrogens (tertiary/aromatic N) is 1. The first-order valence-electron chi connectivity index (χ1n) is 9.68. The van der Waals surface area contributed by atoms with E-state index in [0.717, 1.165) is 18.9 Å². The molecule has 0 atom stereocenters. The molecule has 10 heteroatoms. The van der Waals surface area contributed by atoms with Crippen molar-refractivity contribution in [2.24, 2.45) is 5.14 Å². The van der Waals surface area contributed by atoms with Crippen LogP contribution in [0.4, 0.5) is 5.69 Å². The van der Waals surface area contributed by atoms with Crippen LogP contribution in [0.25, 0.3) is 0 Å². The lowest BCUT2D eigenvalue weighted by atomic mass is 10.1. The number of carbonyl (C=O) groups excluding carboxylic acids is 2. The van der Waals surface area contributed by atoms with Crippen molar-refractivity contribution < 1.29 is 27.5 Å². The molecule has 3 N–H and O–H groups in total. The summed E-state index contributed by atoms with van der Waals surface area (Å²) >= 11 is 0. The van der Waals surface area contributed by atoms with Gasteiger partial charge in [0.25, 0.3) is 5.91 Å². The zero-order valence-electron chi connectivity index (χ0n) is 17.8. The van der Waals surface area contributed by atoms with E-state index in [0.29, 0.717) is 12.3 Å². The average Bonchev–Trinajstić information content (AvgIpc) is 2.72. The van der Waals surface area contributed by atoms with E-state index in [9.17, 15) is 18.0 Å². The average molecular weight is 450 g/mol. The van der Waals surface area contributed by atoms with Gasteiger partial charge < -0.3 is 19.7 Å². The van der Waals surface area contributed by atoms with Crippen LogP contribution in [0.1, 0.15) is 30.1 Å². The van der Waals surface area contributed by atoms with E-state index in [1.807, 2.05) is 6.92 Å². The highest BCUT2D eigenvalue weighted by Gasteiger charge is 2.24. The fourth-order valence-electron chi connectivity index (χ4n) is 2.51. The van der Waals surface area contributed by atoms with Gasteiger partial charge in [-0.3, -0.25) is 4.79 Å². The number of primary sulfonamides is 1. The van der Waals surface area contributed by atoms with Gasteiger partial charge in [-0.1, -0.05) is 31.5 Å². The number of esters is 1. The smallest absolute Gasteiger partial charge is 0.338 e. The molecule has 0 aliphatic heterocycles. The van der Waals surface area contributed by atoms with Gasteiger partial charge in [-0.15, -0.1) is 0 Å². The molecular formula is C21H27N3O6S. The quantitative estimate of drug-likeness (QED) is 0.421. The van der Waals surface area contributed by atoms with Crippen molar-refractivity contribution in [3.8, 4) is 11.5 Å². The van der Waals surface area contributed by atoms with Gasteiger partial charge in [0.1, 0.15) is 10.6 Å². The highest BCUT2D eigenvalue weighted by atomic mass is 32.2. The fraction of sp³-hybridized carbons (Fsp3) is 0.333. The summed E-state index contributed by atoms with van der Waals surface area (Å²) in [5, 5.41) is 8.51. The third-order valence-corrected chi connectivity index (χ3v) is 5.15. The number of unbranched alkanes of at least 4 members (excludes halogenated alkanes) is 1. The van der Waals surface area contributed by atoms with E-state index in [1.54, 1.807) is 30.3 Å². The molecule has 0 radical (unpaired) electrons. The molecule has 31 heavy (non-hydrogen) atoms. The number of rotatable bonds is 10. The van der Waals surface area contributed by atoms with Gasteiger partial charge in [-0.2, -0.15) is 0 Å². The van der Waals surface area contributed by atoms with Crippen molar-refractivity contribution in [1.29, 1.82) is 0 Å². The van der Waals surface area contributed by atoms with E-state index in [4.69, 9.17) is 14.6 Å². The number of hydrogen-bond acceptors (Lipinski definition) is 7. The molecular weight excluding hydrogens is 422 g/mol. The van der Waals surface area contributed by atoms with Crippen molar-refractivity contribution in [3.63, 3.8) is 0 Å². The first-order valence-corrected chi connectivity index (χ1v) is 11.2. The maximum Gasteiger partial charge on any atom is 0.338 e. The Balaban J connectivity index is 2.49. The number of sulfonamides is 1. The molecule has 0 spiro atoms. The molecule has 2 aromatic rings. The van der Waals surface area contributed by atoms with Crippen molar-refractivity contribution >= 4 is 27.6 Å². The van der Waals surface area contributed by atoms with E-state index in [-0.39, 0.29) is 21.9 Å². The molecule has 0 saturated heterocycles. The Morgan fingerprint density at radius 1 is 1.13 bits per heavy atom. The molecule has 0 saturated carbocycles. The van der Waals surface area contributed by atoms with Crippen LogP contribution in [0.15, 0.2) is 47.4 Å². The molecule has 2 aromatic carbocycles. The van der Waals surface area contributed by atoms with E-state index in [2.05, 4.69) is 5.32 Å². The number of hydrogen-bond donors (Lipinski definition) is 2. The van der Waals surface area contributed by atoms with Crippen LogP contribution in [-0.4, -0.2) is 52.4 Å². The lowest BCUT2D eigenvalue weighted by molar-refractivity contribution is -0.131. The number of amides is 1. The lowest BCUT2D eigenvalue weighted by Crippen LogP contribution is -2.27. The maximum absolute atomic E-state index is 12.5. The Morgan fingerprint density at radius 3 is 2.39 bits per heavy atom. The Labute approximate surface area is 182 Å². The van der Waals surface area contributed by atoms with Crippen molar-refractivity contribution in [2.45, 2.75) is 24.7 Å². The van der Waals surface area contributed by atoms with Gasteiger partial charge in [0.15, 0.2) is 12.4 Å². The van der Waals surface area contributed by atoms with Crippen molar-refractivity contribution in [2.75, 3.05) is 32.6 Å². The van der Waals surface area contributed by atoms with Crippen molar-refractivity contribution in [1.82, 2.24) is 4.90 Å². The predicted molar refractivity (Wildman–Crippen MR) is 117 cm³/mol. The Morgan fingerprint density at radius 2 is 1.81 bits per heavy atom. The van der Waals surface area contributed by atoms with Crippen LogP contribution in [0.5, 0.6) is 11.5 Å². The molecule has 0 fully saturated rings. The van der Waals surface area contributed by atoms with E-state index in [1.165, 1.54) is 25.1 Å². The van der Waals surface area contributed by atoms with E-state index >= 15 is 0 Å². The Kier molecular flexibility index (Phi) is 8.40. The van der Waals surface area contributed by atoms with Crippen molar-refractivity contribution in [3.05, 3.63) is 48.0 Å². The molecule has 0 aliphatic carbocycles. The topological polar surface area (TPSA) is 128 Å². The third kappa shape index (κ3) is 6.97. The molecule has 0 aliphatic rings. The van der Waals surface area contributed by atoms with Crippen LogP contribution < -0.4 is 15.2 Å². The number of nitrogens with one attached hydrogen (secondary N) is 1. The van der Waals surface area contributed by atoms with Gasteiger partial charge in [0, 0.05) is 20.6 Å². The van der Waals surface area contributed by atoms with Crippen LogP contribution in [0, 0.1) is 0 Å². The zero-order chi connectivity index (χ0) is 23.0. The van der Waals surface area contributed by atoms with Gasteiger partial charge in [0.2, 0.25) is 10.0 Å². The molecule has 168 valence electrons. The van der Waals surface area contributed by atoms with Gasteiger partial charge in [-0.05, 0) is 30.7 Å². The minimum Gasteiger partial charge on any atom is -0.454 e. The summed E-state index contributed by atoms with van der Waals surface area (Å²) in [6, 6.07) is 11.1. The summed E-state index contributed by atoms with van der Waals surface area (Å²) in [4.78, 5) is 25.1. The molecule has 9 nitrogen and oxygen atoms in total. The van der Waals surface area contributed by atoms with Crippen LogP contribution >= 0.6 is 0 Å². The summed E-state index contributed by atoms with van der Waals surface area (Å²) in [7, 11) is -1.20. The van der Waals surface area contributed by atoms with Gasteiger partial charge in [0.05, 0.1) is 11.3 Å². The van der Waals surface area contributed by atoms with Gasteiger partial charge >= 0.3 is 5.97 Å². The Bertz CT molecular complexity index is 1020. The van der Waals surface area contributed by atoms with E-state index < -0.39 is 28.5 Å². The number of likely N-dealkylation sites (N-methyl/N-ethyl adjacent to an activating group) is 1. The minimum atomic E-state index is -4.26. The number of para-hydroxylation sites is 1. The van der Waals surface area contributed by atoms with Gasteiger partial charge in [-0.25, -0.2) is 18.4 Å². The fourth-order valence-corrected chi connectivity index (χ4v) is 3.22. The molecule has 0 heterocycles. The lowest BCUT2D eigenvalue weighted by Gasteiger charge is -2.18. The zero-order valence-corrected chi connectivity index (χ0v) is 18.6. The Hall–Kier alpha value is -3.11. The molecule has 0 bridgehead atoms. The predicted octanol–water partition coefficient (Wildman–Crippen LogP) is 2.58. The van der Waals surface area contributed by atoms with Crippen LogP contribution in [0.3, 0.4) is 0 Å². The second kappa shape index (κ2) is 10.8. The standard InChI is InChI=1S/C21H27N3O6S/c1-4-5-11-23-17-12-15(21(26)29-14-19(25)24(2)3)13-18(31(22,27)28)20(17)30-16-9-7-6-8-10-16/h6-10,12-13,23H,4-5,11,14H2,1-3H3,(H2,22,27,28). The summed E-state index contributed by atoms with van der Waals surface area (Å²) in [6.45, 7) is 2.05. The number of carbonyl (C=O) groups is 2. The minimum absolute atomic E-state index is 0.0225. The second-order valence-electron chi connectivity index (χ2n) is 6.96. The third-order valence-electron chi connectivity index (χ3n) is 4.23. The number of benzene rings is 2. The monoisotopic (exact) mass is 449 g/mol. The first-order chi connectivity index (χ1) is 14.6. The summed E-state index contributed by atoms with van der Waals surface area (Å²) < 4.78 is 35.5. The maximum atomic E-state index is 12.5. The molecule has 2 rings (SSSR count). The van der Waals surface area contributed by atoms with Crippen LogP contribution in [0.2, 0.25) is 0 Å². The largest absolute Gasteiger partial charge is 0.454 e. The molecule has 0 unspecified atom stereocenters. The summed E-state index contributed by atoms with van der Waals surface area (Å²) in [5.74, 6) is -0.890. The number of nitrogens with two attached hydrogens (primary N) is 1. The second-order valence-corrected chi connectivity index (χ2v) is 8.49.